The number of likely N-dealkylation sites (tertiary alicyclic amines) is 1. The summed E-state index contributed by atoms with van der Waals surface area (Å²) in [5.74, 6) is 0.373. The fourth-order valence-corrected chi connectivity index (χ4v) is 3.41. The Kier molecular flexibility index (Phi) is 4.66. The lowest BCUT2D eigenvalue weighted by Crippen LogP contribution is -2.40. The van der Waals surface area contributed by atoms with E-state index >= 15 is 0 Å². The van der Waals surface area contributed by atoms with E-state index in [1.807, 2.05) is 0 Å². The molecule has 104 valence electrons. The number of hydrogen-bond donors (Lipinski definition) is 1. The van der Waals surface area contributed by atoms with Crippen molar-refractivity contribution < 1.29 is 4.79 Å². The molecule has 3 nitrogen and oxygen atoms in total. The summed E-state index contributed by atoms with van der Waals surface area (Å²) in [4.78, 5) is 14.4. The fraction of sp³-hybridized carbons (Fsp3) is 0.933. The van der Waals surface area contributed by atoms with Gasteiger partial charge in [-0.05, 0) is 44.1 Å². The van der Waals surface area contributed by atoms with Crippen LogP contribution in [0.5, 0.6) is 0 Å². The van der Waals surface area contributed by atoms with Crippen molar-refractivity contribution in [3.05, 3.63) is 0 Å². The number of hydrogen-bond acceptors (Lipinski definition) is 2. The summed E-state index contributed by atoms with van der Waals surface area (Å²) in [6.45, 7) is 7.59. The van der Waals surface area contributed by atoms with Crippen LogP contribution in [0.15, 0.2) is 0 Å². The minimum atomic E-state index is 0.373. The van der Waals surface area contributed by atoms with Gasteiger partial charge in [0.15, 0.2) is 0 Å². The van der Waals surface area contributed by atoms with Crippen molar-refractivity contribution in [1.82, 2.24) is 10.2 Å². The number of carbonyl (C=O) groups is 1. The summed E-state index contributed by atoms with van der Waals surface area (Å²) in [6.07, 6.45) is 8.03. The second-order valence-electron chi connectivity index (χ2n) is 6.12. The van der Waals surface area contributed by atoms with E-state index in [9.17, 15) is 4.79 Å². The van der Waals surface area contributed by atoms with Crippen molar-refractivity contribution in [2.75, 3.05) is 19.6 Å². The van der Waals surface area contributed by atoms with Crippen molar-refractivity contribution in [2.24, 2.45) is 5.41 Å². The largest absolute Gasteiger partial charge is 0.342 e. The third-order valence-electron chi connectivity index (χ3n) is 5.12. The van der Waals surface area contributed by atoms with Crippen molar-refractivity contribution in [3.63, 3.8) is 0 Å². The zero-order valence-corrected chi connectivity index (χ0v) is 12.0. The molecular weight excluding hydrogens is 224 g/mol. The molecule has 18 heavy (non-hydrogen) atoms. The normalized spacial score (nSPS) is 27.4. The molecule has 1 atom stereocenters. The van der Waals surface area contributed by atoms with Crippen LogP contribution >= 0.6 is 0 Å². The lowest BCUT2D eigenvalue weighted by Gasteiger charge is -2.28. The molecule has 0 spiro atoms. The Labute approximate surface area is 111 Å². The molecule has 0 aliphatic carbocycles. The van der Waals surface area contributed by atoms with Gasteiger partial charge in [-0.25, -0.2) is 0 Å². The van der Waals surface area contributed by atoms with Crippen LogP contribution in [0.4, 0.5) is 0 Å². The Bertz CT molecular complexity index is 280. The molecule has 1 amide bonds. The quantitative estimate of drug-likeness (QED) is 0.834. The lowest BCUT2D eigenvalue weighted by molar-refractivity contribution is -0.131. The van der Waals surface area contributed by atoms with E-state index in [0.29, 0.717) is 23.8 Å². The maximum Gasteiger partial charge on any atom is 0.224 e. The molecule has 2 saturated heterocycles. The first-order valence-electron chi connectivity index (χ1n) is 7.70. The number of nitrogens with zero attached hydrogens (tertiary/aromatic N) is 1. The number of carbonyl (C=O) groups excluding carboxylic acids is 1. The Morgan fingerprint density at radius 2 is 2.11 bits per heavy atom. The highest BCUT2D eigenvalue weighted by atomic mass is 16.2. The summed E-state index contributed by atoms with van der Waals surface area (Å²) in [6, 6.07) is 0.435. The van der Waals surface area contributed by atoms with Gasteiger partial charge in [0.1, 0.15) is 0 Å². The first-order chi connectivity index (χ1) is 8.69. The average molecular weight is 252 g/mol. The first kappa shape index (κ1) is 13.9. The van der Waals surface area contributed by atoms with Crippen LogP contribution in [-0.2, 0) is 4.79 Å². The van der Waals surface area contributed by atoms with Gasteiger partial charge in [0, 0.05) is 25.6 Å². The zero-order chi connectivity index (χ0) is 13.0. The van der Waals surface area contributed by atoms with Crippen LogP contribution in [0.1, 0.15) is 58.8 Å². The monoisotopic (exact) mass is 252 g/mol. The molecule has 2 aliphatic heterocycles. The number of nitrogens with one attached hydrogen (secondary N) is 1. The van der Waals surface area contributed by atoms with E-state index in [1.165, 1.54) is 38.5 Å². The van der Waals surface area contributed by atoms with E-state index in [0.717, 1.165) is 19.6 Å². The average Bonchev–Trinajstić information content (AvgIpc) is 2.85. The number of piperidine rings is 1. The molecule has 0 radical (unpaired) electrons. The molecule has 0 aromatic rings. The summed E-state index contributed by atoms with van der Waals surface area (Å²) < 4.78 is 0. The molecule has 1 unspecified atom stereocenters. The van der Waals surface area contributed by atoms with Crippen LogP contribution in [0.3, 0.4) is 0 Å². The molecule has 0 aromatic carbocycles. The van der Waals surface area contributed by atoms with E-state index in [-0.39, 0.29) is 0 Å². The maximum absolute atomic E-state index is 12.3. The van der Waals surface area contributed by atoms with E-state index in [2.05, 4.69) is 24.1 Å². The van der Waals surface area contributed by atoms with Gasteiger partial charge in [0.05, 0.1) is 0 Å². The van der Waals surface area contributed by atoms with Crippen molar-refractivity contribution >= 4 is 5.91 Å². The van der Waals surface area contributed by atoms with Gasteiger partial charge in [-0.2, -0.15) is 0 Å². The SMILES string of the molecule is CCC1(CC)CCN(C(=O)CC2CCCCN2)C1. The highest BCUT2D eigenvalue weighted by Crippen LogP contribution is 2.37. The van der Waals surface area contributed by atoms with Gasteiger partial charge >= 0.3 is 0 Å². The Hall–Kier alpha value is -0.570. The highest BCUT2D eigenvalue weighted by molar-refractivity contribution is 5.77. The molecule has 2 heterocycles. The second kappa shape index (κ2) is 6.05. The molecule has 3 heteroatoms. The van der Waals surface area contributed by atoms with Gasteiger partial charge in [0.25, 0.3) is 0 Å². The molecule has 0 saturated carbocycles. The van der Waals surface area contributed by atoms with Crippen LogP contribution in [-0.4, -0.2) is 36.5 Å². The van der Waals surface area contributed by atoms with Crippen molar-refractivity contribution in [2.45, 2.75) is 64.8 Å². The minimum absolute atomic E-state index is 0.373. The molecule has 2 aliphatic rings. The van der Waals surface area contributed by atoms with Gasteiger partial charge in [-0.15, -0.1) is 0 Å². The summed E-state index contributed by atoms with van der Waals surface area (Å²) >= 11 is 0. The lowest BCUT2D eigenvalue weighted by atomic mass is 9.82. The first-order valence-corrected chi connectivity index (χ1v) is 7.70. The standard InChI is InChI=1S/C15H28N2O/c1-3-15(4-2)8-10-17(12-15)14(18)11-13-7-5-6-9-16-13/h13,16H,3-12H2,1-2H3. The summed E-state index contributed by atoms with van der Waals surface area (Å²) in [7, 11) is 0. The Balaban J connectivity index is 1.83. The molecule has 0 aromatic heterocycles. The third-order valence-corrected chi connectivity index (χ3v) is 5.12. The zero-order valence-electron chi connectivity index (χ0n) is 12.0. The topological polar surface area (TPSA) is 32.3 Å². The predicted octanol–water partition coefficient (Wildman–Crippen LogP) is 2.56. The molecular formula is C15H28N2O. The van der Waals surface area contributed by atoms with Gasteiger partial charge in [-0.3, -0.25) is 4.79 Å². The van der Waals surface area contributed by atoms with Crippen LogP contribution in [0.25, 0.3) is 0 Å². The smallest absolute Gasteiger partial charge is 0.224 e. The Morgan fingerprint density at radius 1 is 1.33 bits per heavy atom. The Morgan fingerprint density at radius 3 is 2.67 bits per heavy atom. The van der Waals surface area contributed by atoms with E-state index in [4.69, 9.17) is 0 Å². The van der Waals surface area contributed by atoms with Crippen molar-refractivity contribution in [3.8, 4) is 0 Å². The predicted molar refractivity (Wildman–Crippen MR) is 74.5 cm³/mol. The fourth-order valence-electron chi connectivity index (χ4n) is 3.41. The molecule has 1 N–H and O–H groups in total. The summed E-state index contributed by atoms with van der Waals surface area (Å²) in [5.41, 5.74) is 0.412. The number of rotatable bonds is 4. The van der Waals surface area contributed by atoms with E-state index in [1.54, 1.807) is 0 Å². The molecule has 2 rings (SSSR count). The third kappa shape index (κ3) is 3.05. The van der Waals surface area contributed by atoms with Gasteiger partial charge in [-0.1, -0.05) is 20.3 Å². The van der Waals surface area contributed by atoms with Crippen molar-refractivity contribution in [1.29, 1.82) is 0 Å². The summed E-state index contributed by atoms with van der Waals surface area (Å²) in [5, 5.41) is 3.47. The maximum atomic E-state index is 12.3. The van der Waals surface area contributed by atoms with Crippen LogP contribution in [0, 0.1) is 5.41 Å². The highest BCUT2D eigenvalue weighted by Gasteiger charge is 2.37. The number of amides is 1. The second-order valence-corrected chi connectivity index (χ2v) is 6.12. The van der Waals surface area contributed by atoms with Crippen LogP contribution in [0.2, 0.25) is 0 Å². The minimum Gasteiger partial charge on any atom is -0.342 e. The van der Waals surface area contributed by atoms with E-state index < -0.39 is 0 Å². The molecule has 0 bridgehead atoms. The van der Waals surface area contributed by atoms with Gasteiger partial charge in [0.2, 0.25) is 5.91 Å². The van der Waals surface area contributed by atoms with Gasteiger partial charge < -0.3 is 10.2 Å². The van der Waals surface area contributed by atoms with Crippen LogP contribution < -0.4 is 5.32 Å². The molecule has 2 fully saturated rings.